The van der Waals surface area contributed by atoms with E-state index in [1.165, 1.54) is 0 Å². The van der Waals surface area contributed by atoms with Gasteiger partial charge in [-0.1, -0.05) is 18.6 Å². The molecule has 1 aliphatic heterocycles. The number of sulfone groups is 1. The predicted octanol–water partition coefficient (Wildman–Crippen LogP) is 1.56. The molecule has 0 spiro atoms. The molecule has 0 radical (unpaired) electrons. The molecule has 0 saturated carbocycles. The zero-order valence-electron chi connectivity index (χ0n) is 11.7. The molecular weight excluding hydrogens is 276 g/mol. The van der Waals surface area contributed by atoms with Crippen LogP contribution in [-0.4, -0.2) is 26.0 Å². The van der Waals surface area contributed by atoms with Crippen molar-refractivity contribution >= 4 is 9.84 Å². The van der Waals surface area contributed by atoms with Gasteiger partial charge in [-0.15, -0.1) is 0 Å². The average molecular weight is 298 g/mol. The third-order valence-corrected chi connectivity index (χ3v) is 6.02. The minimum absolute atomic E-state index is 0.257. The second-order valence-corrected chi connectivity index (χ2v) is 7.39. The molecule has 2 atom stereocenters. The van der Waals surface area contributed by atoms with E-state index < -0.39 is 15.1 Å². The third-order valence-electron chi connectivity index (χ3n) is 3.73. The molecule has 1 saturated heterocycles. The molecule has 6 heteroatoms. The summed E-state index contributed by atoms with van der Waals surface area (Å²) < 4.78 is 29.8. The molecule has 5 nitrogen and oxygen atoms in total. The number of benzene rings is 1. The van der Waals surface area contributed by atoms with Crippen molar-refractivity contribution in [2.75, 3.05) is 12.4 Å². The summed E-state index contributed by atoms with van der Waals surface area (Å²) in [5.41, 5.74) is 3.56. The van der Waals surface area contributed by atoms with Crippen LogP contribution in [0.4, 0.5) is 0 Å². The highest BCUT2D eigenvalue weighted by Crippen LogP contribution is 2.31. The molecular formula is C14H22N2O3S. The third kappa shape index (κ3) is 3.31. The van der Waals surface area contributed by atoms with Gasteiger partial charge in [0, 0.05) is 0 Å². The Morgan fingerprint density at radius 2 is 2.05 bits per heavy atom. The zero-order valence-corrected chi connectivity index (χ0v) is 12.5. The van der Waals surface area contributed by atoms with Crippen LogP contribution in [0.2, 0.25) is 0 Å². The summed E-state index contributed by atoms with van der Waals surface area (Å²) in [5.74, 6) is 6.64. The van der Waals surface area contributed by atoms with Crippen LogP contribution in [0.25, 0.3) is 0 Å². The Balaban J connectivity index is 2.23. The Labute approximate surface area is 120 Å². The zero-order chi connectivity index (χ0) is 14.6. The lowest BCUT2D eigenvalue weighted by Crippen LogP contribution is -2.43. The van der Waals surface area contributed by atoms with E-state index in [-0.39, 0.29) is 11.8 Å². The van der Waals surface area contributed by atoms with Gasteiger partial charge in [0.05, 0.1) is 23.7 Å². The maximum atomic E-state index is 12.2. The fraction of sp³-hybridized carbons (Fsp3) is 0.571. The summed E-state index contributed by atoms with van der Waals surface area (Å²) in [5, 5.41) is -0.445. The standard InChI is InChI=1S/C14H22N2O3S/c1-2-19-12-8-6-11(7-9-12)14(16-15)13-5-3-4-10-20(13,17)18/h6-9,13-14,16H,2-5,10,15H2,1H3. The molecule has 1 heterocycles. The first-order valence-electron chi connectivity index (χ1n) is 6.99. The van der Waals surface area contributed by atoms with Crippen LogP contribution in [0.5, 0.6) is 5.75 Å². The first kappa shape index (κ1) is 15.3. The van der Waals surface area contributed by atoms with Gasteiger partial charge >= 0.3 is 0 Å². The highest BCUT2D eigenvalue weighted by atomic mass is 32.2. The monoisotopic (exact) mass is 298 g/mol. The van der Waals surface area contributed by atoms with E-state index in [2.05, 4.69) is 5.43 Å². The smallest absolute Gasteiger partial charge is 0.155 e. The van der Waals surface area contributed by atoms with Gasteiger partial charge in [0.15, 0.2) is 9.84 Å². The van der Waals surface area contributed by atoms with E-state index in [9.17, 15) is 8.42 Å². The molecule has 112 valence electrons. The molecule has 0 aliphatic carbocycles. The Bertz CT molecular complexity index is 528. The van der Waals surface area contributed by atoms with Crippen molar-refractivity contribution in [3.63, 3.8) is 0 Å². The number of hydrazine groups is 1. The van der Waals surface area contributed by atoms with E-state index in [1.807, 2.05) is 31.2 Å². The molecule has 2 rings (SSSR count). The lowest BCUT2D eigenvalue weighted by Gasteiger charge is -2.30. The number of hydrogen-bond donors (Lipinski definition) is 2. The minimum Gasteiger partial charge on any atom is -0.494 e. The molecule has 2 unspecified atom stereocenters. The fourth-order valence-electron chi connectivity index (χ4n) is 2.71. The Hall–Kier alpha value is -1.11. The Morgan fingerprint density at radius 3 is 2.60 bits per heavy atom. The summed E-state index contributed by atoms with van der Waals surface area (Å²) in [7, 11) is -3.08. The van der Waals surface area contributed by atoms with Crippen LogP contribution < -0.4 is 16.0 Å². The van der Waals surface area contributed by atoms with Crippen LogP contribution in [0.3, 0.4) is 0 Å². The molecule has 3 N–H and O–H groups in total. The first-order chi connectivity index (χ1) is 9.58. The maximum absolute atomic E-state index is 12.2. The van der Waals surface area contributed by atoms with Gasteiger partial charge in [-0.2, -0.15) is 0 Å². The Morgan fingerprint density at radius 1 is 1.35 bits per heavy atom. The molecule has 1 fully saturated rings. The summed E-state index contributed by atoms with van der Waals surface area (Å²) in [6.45, 7) is 2.53. The molecule has 0 amide bonds. The number of nitrogens with one attached hydrogen (secondary N) is 1. The van der Waals surface area contributed by atoms with Crippen molar-refractivity contribution < 1.29 is 13.2 Å². The van der Waals surface area contributed by atoms with E-state index in [0.717, 1.165) is 24.2 Å². The van der Waals surface area contributed by atoms with Gasteiger partial charge < -0.3 is 4.74 Å². The Kier molecular flexibility index (Phi) is 5.01. The first-order valence-corrected chi connectivity index (χ1v) is 8.70. The second kappa shape index (κ2) is 6.56. The van der Waals surface area contributed by atoms with E-state index in [4.69, 9.17) is 10.6 Å². The number of hydrogen-bond acceptors (Lipinski definition) is 5. The van der Waals surface area contributed by atoms with Gasteiger partial charge in [-0.25, -0.2) is 8.42 Å². The quantitative estimate of drug-likeness (QED) is 0.637. The van der Waals surface area contributed by atoms with Crippen molar-refractivity contribution in [2.45, 2.75) is 37.5 Å². The van der Waals surface area contributed by atoms with Crippen molar-refractivity contribution in [2.24, 2.45) is 5.84 Å². The summed E-state index contributed by atoms with van der Waals surface area (Å²) in [4.78, 5) is 0. The van der Waals surface area contributed by atoms with Crippen LogP contribution in [0.1, 0.15) is 37.8 Å². The van der Waals surface area contributed by atoms with E-state index in [1.54, 1.807) is 0 Å². The maximum Gasteiger partial charge on any atom is 0.155 e. The van der Waals surface area contributed by atoms with Gasteiger partial charge in [0.2, 0.25) is 0 Å². The summed E-state index contributed by atoms with van der Waals surface area (Å²) >= 11 is 0. The lowest BCUT2D eigenvalue weighted by molar-refractivity contribution is 0.340. The van der Waals surface area contributed by atoms with Crippen molar-refractivity contribution in [3.8, 4) is 5.75 Å². The second-order valence-electron chi connectivity index (χ2n) is 5.05. The van der Waals surface area contributed by atoms with Crippen molar-refractivity contribution in [1.29, 1.82) is 0 Å². The van der Waals surface area contributed by atoms with Crippen LogP contribution >= 0.6 is 0 Å². The number of ether oxygens (including phenoxy) is 1. The molecule has 0 aromatic heterocycles. The highest BCUT2D eigenvalue weighted by Gasteiger charge is 2.35. The normalized spacial score (nSPS) is 23.2. The summed E-state index contributed by atoms with van der Waals surface area (Å²) in [6, 6.07) is 7.08. The van der Waals surface area contributed by atoms with Gasteiger partial charge in [-0.05, 0) is 37.5 Å². The number of rotatable bonds is 5. The molecule has 20 heavy (non-hydrogen) atoms. The number of nitrogens with two attached hydrogens (primary N) is 1. The lowest BCUT2D eigenvalue weighted by atomic mass is 10.00. The van der Waals surface area contributed by atoms with Gasteiger partial charge in [0.25, 0.3) is 0 Å². The largest absolute Gasteiger partial charge is 0.494 e. The molecule has 1 aliphatic rings. The molecule has 1 aromatic carbocycles. The SMILES string of the molecule is CCOc1ccc(C(NN)C2CCCCS2(=O)=O)cc1. The van der Waals surface area contributed by atoms with Gasteiger partial charge in [0.1, 0.15) is 5.75 Å². The molecule has 0 bridgehead atoms. The van der Waals surface area contributed by atoms with Crippen molar-refractivity contribution in [3.05, 3.63) is 29.8 Å². The fourth-order valence-corrected chi connectivity index (χ4v) is 4.80. The van der Waals surface area contributed by atoms with Crippen LogP contribution in [-0.2, 0) is 9.84 Å². The summed E-state index contributed by atoms with van der Waals surface area (Å²) in [6.07, 6.45) is 2.34. The molecule has 1 aromatic rings. The van der Waals surface area contributed by atoms with E-state index >= 15 is 0 Å². The van der Waals surface area contributed by atoms with E-state index in [0.29, 0.717) is 13.0 Å². The van der Waals surface area contributed by atoms with Gasteiger partial charge in [-0.3, -0.25) is 11.3 Å². The van der Waals surface area contributed by atoms with Crippen LogP contribution in [0, 0.1) is 0 Å². The highest BCUT2D eigenvalue weighted by molar-refractivity contribution is 7.92. The average Bonchev–Trinajstić information content (AvgIpc) is 2.43. The minimum atomic E-state index is -3.08. The van der Waals surface area contributed by atoms with Crippen LogP contribution in [0.15, 0.2) is 24.3 Å². The topological polar surface area (TPSA) is 81.4 Å². The van der Waals surface area contributed by atoms with Crippen molar-refractivity contribution in [1.82, 2.24) is 5.43 Å². The predicted molar refractivity (Wildman–Crippen MR) is 79.1 cm³/mol.